The van der Waals surface area contributed by atoms with Crippen molar-refractivity contribution >= 4 is 23.4 Å². The molecule has 0 saturated carbocycles. The number of piperidine rings is 1. The van der Waals surface area contributed by atoms with Gasteiger partial charge in [-0.25, -0.2) is 0 Å². The molecular formula is C27H25ClN2O3. The highest BCUT2D eigenvalue weighted by Gasteiger charge is 2.35. The molecule has 0 bridgehead atoms. The van der Waals surface area contributed by atoms with Crippen molar-refractivity contribution in [3.8, 4) is 0 Å². The van der Waals surface area contributed by atoms with Crippen molar-refractivity contribution in [2.75, 3.05) is 13.1 Å². The van der Waals surface area contributed by atoms with Gasteiger partial charge in [-0.2, -0.15) is 0 Å². The number of imide groups is 1. The average molecular weight is 461 g/mol. The van der Waals surface area contributed by atoms with Gasteiger partial charge in [0.05, 0.1) is 23.3 Å². The number of benzene rings is 3. The minimum atomic E-state index is -0.808. The van der Waals surface area contributed by atoms with Crippen LogP contribution in [0.5, 0.6) is 0 Å². The molecule has 2 heterocycles. The number of nitrogens with zero attached hydrogens (tertiary/aromatic N) is 2. The van der Waals surface area contributed by atoms with Gasteiger partial charge in [-0.3, -0.25) is 19.4 Å². The highest BCUT2D eigenvalue weighted by molar-refractivity contribution is 6.30. The lowest BCUT2D eigenvalue weighted by Crippen LogP contribution is -2.42. The maximum Gasteiger partial charge on any atom is 0.261 e. The average Bonchev–Trinajstić information content (AvgIpc) is 3.07. The van der Waals surface area contributed by atoms with Gasteiger partial charge in [0.25, 0.3) is 11.8 Å². The fourth-order valence-electron chi connectivity index (χ4n) is 4.70. The first-order valence-corrected chi connectivity index (χ1v) is 11.5. The van der Waals surface area contributed by atoms with Crippen LogP contribution in [0.4, 0.5) is 0 Å². The maximum absolute atomic E-state index is 12.6. The Labute approximate surface area is 198 Å². The molecule has 6 heteroatoms. The lowest BCUT2D eigenvalue weighted by molar-refractivity contribution is -0.0277. The zero-order chi connectivity index (χ0) is 23.0. The van der Waals surface area contributed by atoms with Gasteiger partial charge in [-0.1, -0.05) is 60.1 Å². The van der Waals surface area contributed by atoms with Crippen LogP contribution in [0.1, 0.15) is 50.2 Å². The van der Waals surface area contributed by atoms with Crippen LogP contribution in [-0.4, -0.2) is 39.8 Å². The first-order valence-electron chi connectivity index (χ1n) is 11.2. The molecule has 0 radical (unpaired) electrons. The normalized spacial score (nSPS) is 17.9. The van der Waals surface area contributed by atoms with Gasteiger partial charge in [-0.05, 0) is 53.8 Å². The molecule has 33 heavy (non-hydrogen) atoms. The quantitative estimate of drug-likeness (QED) is 0.564. The molecule has 3 aromatic rings. The largest absolute Gasteiger partial charge is 0.385 e. The minimum absolute atomic E-state index is 0.235. The molecule has 2 aliphatic heterocycles. The summed E-state index contributed by atoms with van der Waals surface area (Å²) in [4.78, 5) is 28.8. The van der Waals surface area contributed by atoms with E-state index < -0.39 is 5.60 Å². The van der Waals surface area contributed by atoms with E-state index in [9.17, 15) is 14.7 Å². The van der Waals surface area contributed by atoms with E-state index in [1.807, 2.05) is 48.5 Å². The van der Waals surface area contributed by atoms with Crippen molar-refractivity contribution in [2.45, 2.75) is 31.5 Å². The summed E-state index contributed by atoms with van der Waals surface area (Å²) in [6.45, 7) is 2.67. The molecule has 1 fully saturated rings. The van der Waals surface area contributed by atoms with Crippen molar-refractivity contribution in [3.63, 3.8) is 0 Å². The SMILES string of the molecule is O=C1c2ccccc2C(=O)N1Cc1ccc(CN2CCC(O)(c3ccc(Cl)cc3)CC2)cc1. The van der Waals surface area contributed by atoms with Crippen molar-refractivity contribution in [3.05, 3.63) is 106 Å². The molecule has 0 unspecified atom stereocenters. The minimum Gasteiger partial charge on any atom is -0.385 e. The number of likely N-dealkylation sites (tertiary alicyclic amines) is 1. The molecule has 0 spiro atoms. The smallest absolute Gasteiger partial charge is 0.261 e. The van der Waals surface area contributed by atoms with Gasteiger partial charge in [-0.15, -0.1) is 0 Å². The lowest BCUT2D eigenvalue weighted by Gasteiger charge is -2.38. The zero-order valence-electron chi connectivity index (χ0n) is 18.2. The number of amides is 2. The lowest BCUT2D eigenvalue weighted by atomic mass is 9.84. The summed E-state index contributed by atoms with van der Waals surface area (Å²) in [7, 11) is 0. The van der Waals surface area contributed by atoms with Crippen LogP contribution in [0.25, 0.3) is 0 Å². The molecule has 0 atom stereocenters. The molecule has 2 aliphatic rings. The summed E-state index contributed by atoms with van der Waals surface area (Å²) < 4.78 is 0. The summed E-state index contributed by atoms with van der Waals surface area (Å²) in [6, 6.07) is 22.5. The highest BCUT2D eigenvalue weighted by atomic mass is 35.5. The zero-order valence-corrected chi connectivity index (χ0v) is 19.0. The molecular weight excluding hydrogens is 436 g/mol. The van der Waals surface area contributed by atoms with Crippen LogP contribution in [-0.2, 0) is 18.7 Å². The second kappa shape index (κ2) is 8.75. The van der Waals surface area contributed by atoms with Gasteiger partial charge >= 0.3 is 0 Å². The van der Waals surface area contributed by atoms with E-state index in [2.05, 4.69) is 4.90 Å². The summed E-state index contributed by atoms with van der Waals surface area (Å²) in [6.07, 6.45) is 1.35. The van der Waals surface area contributed by atoms with Crippen LogP contribution in [0.3, 0.4) is 0 Å². The topological polar surface area (TPSA) is 60.9 Å². The van der Waals surface area contributed by atoms with Crippen molar-refractivity contribution < 1.29 is 14.7 Å². The van der Waals surface area contributed by atoms with Gasteiger partial charge in [0.15, 0.2) is 0 Å². The van der Waals surface area contributed by atoms with Crippen LogP contribution >= 0.6 is 11.6 Å². The van der Waals surface area contributed by atoms with Crippen LogP contribution in [0.15, 0.2) is 72.8 Å². The molecule has 168 valence electrons. The Bertz CT molecular complexity index is 1150. The second-order valence-corrected chi connectivity index (χ2v) is 9.31. The summed E-state index contributed by atoms with van der Waals surface area (Å²) in [5.74, 6) is -0.470. The Kier molecular flexibility index (Phi) is 5.79. The Morgan fingerprint density at radius 3 is 1.82 bits per heavy atom. The fraction of sp³-hybridized carbons (Fsp3) is 0.259. The summed E-state index contributed by atoms with van der Waals surface area (Å²) >= 11 is 5.98. The number of aliphatic hydroxyl groups is 1. The third-order valence-electron chi connectivity index (χ3n) is 6.71. The number of rotatable bonds is 5. The van der Waals surface area contributed by atoms with Crippen LogP contribution in [0, 0.1) is 0 Å². The van der Waals surface area contributed by atoms with Crippen molar-refractivity contribution in [2.24, 2.45) is 0 Å². The van der Waals surface area contributed by atoms with E-state index in [1.165, 1.54) is 4.90 Å². The number of halogens is 1. The second-order valence-electron chi connectivity index (χ2n) is 8.87. The monoisotopic (exact) mass is 460 g/mol. The first kappa shape index (κ1) is 21.8. The molecule has 3 aromatic carbocycles. The van der Waals surface area contributed by atoms with Crippen molar-refractivity contribution in [1.82, 2.24) is 9.80 Å². The number of hydrogen-bond acceptors (Lipinski definition) is 4. The Balaban J connectivity index is 1.18. The van der Waals surface area contributed by atoms with E-state index in [-0.39, 0.29) is 18.4 Å². The molecule has 5 rings (SSSR count). The van der Waals surface area contributed by atoms with E-state index in [0.717, 1.165) is 36.3 Å². The van der Waals surface area contributed by atoms with Crippen LogP contribution < -0.4 is 0 Å². The first-order chi connectivity index (χ1) is 15.9. The molecule has 1 N–H and O–H groups in total. The van der Waals surface area contributed by atoms with Crippen molar-refractivity contribution in [1.29, 1.82) is 0 Å². The van der Waals surface area contributed by atoms with Gasteiger partial charge in [0.1, 0.15) is 0 Å². The highest BCUT2D eigenvalue weighted by Crippen LogP contribution is 2.34. The van der Waals surface area contributed by atoms with Crippen LogP contribution in [0.2, 0.25) is 5.02 Å². The number of carbonyl (C=O) groups is 2. The fourth-order valence-corrected chi connectivity index (χ4v) is 4.83. The molecule has 1 saturated heterocycles. The number of carbonyl (C=O) groups excluding carboxylic acids is 2. The number of hydrogen-bond donors (Lipinski definition) is 1. The Hall–Kier alpha value is -2.99. The van der Waals surface area contributed by atoms with Gasteiger partial charge in [0.2, 0.25) is 0 Å². The van der Waals surface area contributed by atoms with E-state index in [0.29, 0.717) is 29.0 Å². The standard InChI is InChI=1S/C27H25ClN2O3/c28-22-11-9-21(10-12-22)27(33)13-15-29(16-14-27)17-19-5-7-20(8-6-19)18-30-25(31)23-3-1-2-4-24(23)26(30)32/h1-12,33H,13-18H2. The summed E-state index contributed by atoms with van der Waals surface area (Å²) in [5, 5.41) is 11.7. The third-order valence-corrected chi connectivity index (χ3v) is 6.96. The predicted molar refractivity (Wildman–Crippen MR) is 127 cm³/mol. The Morgan fingerprint density at radius 2 is 1.27 bits per heavy atom. The van der Waals surface area contributed by atoms with E-state index in [4.69, 9.17) is 11.6 Å². The molecule has 2 amide bonds. The van der Waals surface area contributed by atoms with E-state index in [1.54, 1.807) is 24.3 Å². The molecule has 5 nitrogen and oxygen atoms in total. The summed E-state index contributed by atoms with van der Waals surface area (Å²) in [5.41, 5.74) is 3.15. The van der Waals surface area contributed by atoms with Gasteiger partial charge < -0.3 is 5.11 Å². The predicted octanol–water partition coefficient (Wildman–Crippen LogP) is 4.62. The molecule has 0 aromatic heterocycles. The number of fused-ring (bicyclic) bond motifs is 1. The Morgan fingerprint density at radius 1 is 0.758 bits per heavy atom. The third kappa shape index (κ3) is 4.32. The van der Waals surface area contributed by atoms with E-state index >= 15 is 0 Å². The maximum atomic E-state index is 12.6. The molecule has 0 aliphatic carbocycles. The van der Waals surface area contributed by atoms with Gasteiger partial charge in [0, 0.05) is 24.7 Å².